The first-order chi connectivity index (χ1) is 13.8. The average molecular weight is 415 g/mol. The molecule has 0 saturated carbocycles. The van der Waals surface area contributed by atoms with E-state index >= 15 is 0 Å². The summed E-state index contributed by atoms with van der Waals surface area (Å²) in [6.45, 7) is 7.68. The molecule has 8 heteroatoms. The normalized spacial score (nSPS) is 12.3. The van der Waals surface area contributed by atoms with E-state index in [-0.39, 0.29) is 29.3 Å². The molecule has 7 nitrogen and oxygen atoms in total. The zero-order valence-corrected chi connectivity index (χ0v) is 18.1. The van der Waals surface area contributed by atoms with E-state index in [1.54, 1.807) is 11.7 Å². The van der Waals surface area contributed by atoms with Crippen LogP contribution in [0.1, 0.15) is 44.1 Å². The van der Waals surface area contributed by atoms with Crippen LogP contribution in [-0.2, 0) is 4.79 Å². The van der Waals surface area contributed by atoms with E-state index in [0.29, 0.717) is 16.2 Å². The standard InChI is InChI=1S/C21H26N4O3S/c1-12(2)25-20(27)19-17(10-13(3)22-19)24-21(25)29-11-18(26)23-14(4)15-6-8-16(28-5)9-7-15/h6-10,12,14,22H,11H2,1-5H3,(H,23,26)/t14-/m0/s1. The predicted molar refractivity (Wildman–Crippen MR) is 116 cm³/mol. The number of amides is 1. The van der Waals surface area contributed by atoms with E-state index in [2.05, 4.69) is 15.3 Å². The van der Waals surface area contributed by atoms with Crippen LogP contribution in [0.3, 0.4) is 0 Å². The molecule has 1 amide bonds. The number of hydrogen-bond acceptors (Lipinski definition) is 5. The number of rotatable bonds is 7. The van der Waals surface area contributed by atoms with Crippen LogP contribution in [0.2, 0.25) is 0 Å². The van der Waals surface area contributed by atoms with Crippen molar-refractivity contribution in [3.63, 3.8) is 0 Å². The van der Waals surface area contributed by atoms with Gasteiger partial charge in [-0.05, 0) is 51.5 Å². The van der Waals surface area contributed by atoms with E-state index in [0.717, 1.165) is 17.0 Å². The van der Waals surface area contributed by atoms with Crippen molar-refractivity contribution in [2.45, 2.75) is 44.9 Å². The van der Waals surface area contributed by atoms with Crippen LogP contribution in [0.25, 0.3) is 11.0 Å². The third-order valence-corrected chi connectivity index (χ3v) is 5.58. The molecule has 0 aliphatic heterocycles. The van der Waals surface area contributed by atoms with Gasteiger partial charge in [-0.3, -0.25) is 14.2 Å². The number of fused-ring (bicyclic) bond motifs is 1. The van der Waals surface area contributed by atoms with Gasteiger partial charge in [0.25, 0.3) is 5.56 Å². The van der Waals surface area contributed by atoms with E-state index < -0.39 is 0 Å². The molecular weight excluding hydrogens is 388 g/mol. The fraction of sp³-hybridized carbons (Fsp3) is 0.381. The van der Waals surface area contributed by atoms with Crippen molar-refractivity contribution < 1.29 is 9.53 Å². The fourth-order valence-electron chi connectivity index (χ4n) is 3.14. The van der Waals surface area contributed by atoms with Gasteiger partial charge in [-0.2, -0.15) is 0 Å². The monoisotopic (exact) mass is 414 g/mol. The molecule has 154 valence electrons. The third kappa shape index (κ3) is 4.64. The second-order valence-corrected chi connectivity index (χ2v) is 8.17. The Morgan fingerprint density at radius 2 is 1.97 bits per heavy atom. The number of nitrogens with one attached hydrogen (secondary N) is 2. The zero-order valence-electron chi connectivity index (χ0n) is 17.3. The summed E-state index contributed by atoms with van der Waals surface area (Å²) in [5.41, 5.74) is 2.88. The van der Waals surface area contributed by atoms with Crippen molar-refractivity contribution in [3.05, 3.63) is 51.9 Å². The molecule has 0 unspecified atom stereocenters. The molecule has 2 heterocycles. The van der Waals surface area contributed by atoms with Crippen LogP contribution < -0.4 is 15.6 Å². The highest BCUT2D eigenvalue weighted by atomic mass is 32.2. The van der Waals surface area contributed by atoms with Crippen LogP contribution >= 0.6 is 11.8 Å². The molecule has 0 radical (unpaired) electrons. The first-order valence-electron chi connectivity index (χ1n) is 9.48. The van der Waals surface area contributed by atoms with E-state index in [1.807, 2.05) is 58.0 Å². The first-order valence-corrected chi connectivity index (χ1v) is 10.5. The van der Waals surface area contributed by atoms with Crippen molar-refractivity contribution in [2.75, 3.05) is 12.9 Å². The lowest BCUT2D eigenvalue weighted by molar-refractivity contribution is -0.119. The van der Waals surface area contributed by atoms with Crippen LogP contribution in [0.5, 0.6) is 5.75 Å². The smallest absolute Gasteiger partial charge is 0.278 e. The molecule has 0 saturated heterocycles. The topological polar surface area (TPSA) is 89.0 Å². The lowest BCUT2D eigenvalue weighted by atomic mass is 10.1. The quantitative estimate of drug-likeness (QED) is 0.456. The van der Waals surface area contributed by atoms with Crippen LogP contribution in [0, 0.1) is 6.92 Å². The highest BCUT2D eigenvalue weighted by Gasteiger charge is 2.17. The first kappa shape index (κ1) is 21.0. The highest BCUT2D eigenvalue weighted by Crippen LogP contribution is 2.22. The Kier molecular flexibility index (Phi) is 6.32. The third-order valence-electron chi connectivity index (χ3n) is 4.63. The molecule has 29 heavy (non-hydrogen) atoms. The Balaban J connectivity index is 1.73. The van der Waals surface area contributed by atoms with Gasteiger partial charge in [-0.1, -0.05) is 23.9 Å². The Hall–Kier alpha value is -2.74. The number of carbonyl (C=O) groups excluding carboxylic acids is 1. The van der Waals surface area contributed by atoms with Crippen molar-refractivity contribution in [1.82, 2.24) is 19.9 Å². The molecular formula is C21H26N4O3S. The number of benzene rings is 1. The number of thioether (sulfide) groups is 1. The van der Waals surface area contributed by atoms with Gasteiger partial charge in [0.15, 0.2) is 5.16 Å². The van der Waals surface area contributed by atoms with E-state index in [4.69, 9.17) is 4.74 Å². The molecule has 0 bridgehead atoms. The van der Waals surface area contributed by atoms with Crippen molar-refractivity contribution >= 4 is 28.7 Å². The Morgan fingerprint density at radius 3 is 2.59 bits per heavy atom. The predicted octanol–water partition coefficient (Wildman–Crippen LogP) is 3.59. The van der Waals surface area contributed by atoms with Crippen molar-refractivity contribution in [3.8, 4) is 5.75 Å². The molecule has 0 aliphatic carbocycles. The molecule has 0 aliphatic rings. The molecule has 1 aromatic carbocycles. The number of aromatic amines is 1. The largest absolute Gasteiger partial charge is 0.497 e. The SMILES string of the molecule is COc1ccc([C@H](C)NC(=O)CSc2nc3cc(C)[nH]c3c(=O)n2C(C)C)cc1. The highest BCUT2D eigenvalue weighted by molar-refractivity contribution is 7.99. The molecule has 3 aromatic rings. The zero-order chi connectivity index (χ0) is 21.1. The van der Waals surface area contributed by atoms with Gasteiger partial charge in [-0.25, -0.2) is 4.98 Å². The van der Waals surface area contributed by atoms with E-state index in [1.165, 1.54) is 11.8 Å². The summed E-state index contributed by atoms with van der Waals surface area (Å²) in [6, 6.07) is 9.24. The number of ether oxygens (including phenoxy) is 1. The van der Waals surface area contributed by atoms with Crippen molar-refractivity contribution in [2.24, 2.45) is 0 Å². The molecule has 1 atom stereocenters. The van der Waals surface area contributed by atoms with Crippen LogP contribution in [0.4, 0.5) is 0 Å². The summed E-state index contributed by atoms with van der Waals surface area (Å²) in [7, 11) is 1.62. The van der Waals surface area contributed by atoms with Crippen LogP contribution in [-0.4, -0.2) is 33.3 Å². The minimum absolute atomic E-state index is 0.0632. The second-order valence-electron chi connectivity index (χ2n) is 7.23. The number of aromatic nitrogens is 3. The summed E-state index contributed by atoms with van der Waals surface area (Å²) in [6.07, 6.45) is 0. The summed E-state index contributed by atoms with van der Waals surface area (Å²) in [4.78, 5) is 33.0. The van der Waals surface area contributed by atoms with Crippen LogP contribution in [0.15, 0.2) is 40.3 Å². The molecule has 3 rings (SSSR count). The maximum Gasteiger partial charge on any atom is 0.278 e. The van der Waals surface area contributed by atoms with Gasteiger partial charge < -0.3 is 15.0 Å². The summed E-state index contributed by atoms with van der Waals surface area (Å²) >= 11 is 1.27. The van der Waals surface area contributed by atoms with Gasteiger partial charge >= 0.3 is 0 Å². The molecule has 2 N–H and O–H groups in total. The number of methoxy groups -OCH3 is 1. The molecule has 2 aromatic heterocycles. The van der Waals surface area contributed by atoms with Gasteiger partial charge in [0, 0.05) is 11.7 Å². The summed E-state index contributed by atoms with van der Waals surface area (Å²) in [5.74, 6) is 0.832. The Bertz CT molecular complexity index is 1070. The molecule has 0 spiro atoms. The number of nitrogens with zero attached hydrogens (tertiary/aromatic N) is 2. The fourth-order valence-corrected chi connectivity index (χ4v) is 4.08. The number of carbonyl (C=O) groups is 1. The van der Waals surface area contributed by atoms with Gasteiger partial charge in [0.2, 0.25) is 5.91 Å². The van der Waals surface area contributed by atoms with Gasteiger partial charge in [0.1, 0.15) is 11.3 Å². The molecule has 0 fully saturated rings. The van der Waals surface area contributed by atoms with E-state index in [9.17, 15) is 9.59 Å². The average Bonchev–Trinajstić information content (AvgIpc) is 3.06. The minimum Gasteiger partial charge on any atom is -0.497 e. The van der Waals surface area contributed by atoms with Crippen molar-refractivity contribution in [1.29, 1.82) is 0 Å². The Labute approximate surface area is 173 Å². The Morgan fingerprint density at radius 1 is 1.28 bits per heavy atom. The number of hydrogen-bond donors (Lipinski definition) is 2. The lowest BCUT2D eigenvalue weighted by Crippen LogP contribution is -2.29. The minimum atomic E-state index is -0.135. The lowest BCUT2D eigenvalue weighted by Gasteiger charge is -2.17. The van der Waals surface area contributed by atoms with Gasteiger partial charge in [0.05, 0.1) is 24.4 Å². The second kappa shape index (κ2) is 8.73. The summed E-state index contributed by atoms with van der Waals surface area (Å²) in [5, 5.41) is 3.53. The summed E-state index contributed by atoms with van der Waals surface area (Å²) < 4.78 is 6.79. The number of aryl methyl sites for hydroxylation is 1. The maximum atomic E-state index is 12.8. The number of H-pyrrole nitrogens is 1. The van der Waals surface area contributed by atoms with Gasteiger partial charge in [-0.15, -0.1) is 0 Å². The maximum absolute atomic E-state index is 12.8.